The molecule has 0 saturated carbocycles. The summed E-state index contributed by atoms with van der Waals surface area (Å²) in [5, 5.41) is 6.93. The molecule has 1 aromatic rings. The van der Waals surface area contributed by atoms with E-state index >= 15 is 0 Å². The van der Waals surface area contributed by atoms with E-state index in [9.17, 15) is 0 Å². The molecule has 1 atom stereocenters. The first-order valence-electron chi connectivity index (χ1n) is 6.01. The Bertz CT molecular complexity index is 321. The van der Waals surface area contributed by atoms with Crippen molar-refractivity contribution in [1.29, 1.82) is 0 Å². The van der Waals surface area contributed by atoms with Gasteiger partial charge in [-0.2, -0.15) is 0 Å². The third-order valence-corrected chi connectivity index (χ3v) is 3.90. The predicted molar refractivity (Wildman–Crippen MR) is 71.7 cm³/mol. The van der Waals surface area contributed by atoms with Gasteiger partial charge in [-0.1, -0.05) is 34.1 Å². The Labute approximate surface area is 106 Å². The van der Waals surface area contributed by atoms with Gasteiger partial charge in [0.1, 0.15) is 0 Å². The van der Waals surface area contributed by atoms with E-state index < -0.39 is 0 Å². The molecule has 16 heavy (non-hydrogen) atoms. The average Bonchev–Trinajstić information content (AvgIpc) is 2.79. The van der Waals surface area contributed by atoms with Gasteiger partial charge in [0, 0.05) is 4.47 Å². The second-order valence-corrected chi connectivity index (χ2v) is 5.26. The van der Waals surface area contributed by atoms with E-state index in [0.29, 0.717) is 0 Å². The van der Waals surface area contributed by atoms with Gasteiger partial charge in [-0.25, -0.2) is 0 Å². The van der Waals surface area contributed by atoms with E-state index in [4.69, 9.17) is 0 Å². The second kappa shape index (κ2) is 6.38. The van der Waals surface area contributed by atoms with Gasteiger partial charge in [-0.15, -0.1) is 0 Å². The van der Waals surface area contributed by atoms with Crippen LogP contribution in [0.5, 0.6) is 0 Å². The van der Waals surface area contributed by atoms with Crippen molar-refractivity contribution in [3.8, 4) is 0 Å². The van der Waals surface area contributed by atoms with Crippen LogP contribution in [0.15, 0.2) is 28.7 Å². The Morgan fingerprint density at radius 2 is 2.25 bits per heavy atom. The molecule has 0 bridgehead atoms. The van der Waals surface area contributed by atoms with Crippen molar-refractivity contribution in [3.63, 3.8) is 0 Å². The van der Waals surface area contributed by atoms with Gasteiger partial charge in [-0.3, -0.25) is 0 Å². The summed E-state index contributed by atoms with van der Waals surface area (Å²) < 4.78 is 1.22. The van der Waals surface area contributed by atoms with Crippen molar-refractivity contribution in [2.75, 3.05) is 26.2 Å². The number of rotatable bonds is 5. The van der Waals surface area contributed by atoms with Crippen LogP contribution in [0.25, 0.3) is 0 Å². The van der Waals surface area contributed by atoms with E-state index in [1.165, 1.54) is 29.5 Å². The summed E-state index contributed by atoms with van der Waals surface area (Å²) in [6.45, 7) is 4.59. The lowest BCUT2D eigenvalue weighted by Gasteiger charge is -2.10. The fourth-order valence-electron chi connectivity index (χ4n) is 2.12. The SMILES string of the molecule is Brc1ccccc1CCNCC1CCNC1. The Morgan fingerprint density at radius 1 is 1.38 bits per heavy atom. The van der Waals surface area contributed by atoms with Crippen LogP contribution < -0.4 is 10.6 Å². The molecule has 1 fully saturated rings. The van der Waals surface area contributed by atoms with Crippen molar-refractivity contribution in [3.05, 3.63) is 34.3 Å². The smallest absolute Gasteiger partial charge is 0.0207 e. The number of hydrogen-bond donors (Lipinski definition) is 2. The molecule has 1 aromatic carbocycles. The molecule has 0 aliphatic carbocycles. The molecule has 0 spiro atoms. The molecular weight excluding hydrogens is 264 g/mol. The van der Waals surface area contributed by atoms with Crippen molar-refractivity contribution in [2.45, 2.75) is 12.8 Å². The number of halogens is 1. The van der Waals surface area contributed by atoms with Crippen LogP contribution in [-0.4, -0.2) is 26.2 Å². The Kier molecular flexibility index (Phi) is 4.82. The monoisotopic (exact) mass is 282 g/mol. The first-order valence-corrected chi connectivity index (χ1v) is 6.80. The lowest BCUT2D eigenvalue weighted by molar-refractivity contribution is 0.515. The predicted octanol–water partition coefficient (Wildman–Crippen LogP) is 2.19. The Hall–Kier alpha value is -0.380. The lowest BCUT2D eigenvalue weighted by Crippen LogP contribution is -2.26. The topological polar surface area (TPSA) is 24.1 Å². The molecule has 2 N–H and O–H groups in total. The first-order chi connectivity index (χ1) is 7.86. The maximum atomic E-state index is 3.58. The lowest BCUT2D eigenvalue weighted by atomic mass is 10.1. The van der Waals surface area contributed by atoms with Gasteiger partial charge < -0.3 is 10.6 Å². The van der Waals surface area contributed by atoms with Crippen LogP contribution in [-0.2, 0) is 6.42 Å². The van der Waals surface area contributed by atoms with E-state index in [2.05, 4.69) is 50.8 Å². The standard InChI is InChI=1S/C13H19BrN2/c14-13-4-2-1-3-12(13)6-8-16-10-11-5-7-15-9-11/h1-4,11,15-16H,5-10H2. The van der Waals surface area contributed by atoms with Crippen molar-refractivity contribution >= 4 is 15.9 Å². The summed E-state index contributed by atoms with van der Waals surface area (Å²) in [4.78, 5) is 0. The van der Waals surface area contributed by atoms with Gasteiger partial charge in [-0.05, 0) is 56.6 Å². The van der Waals surface area contributed by atoms with Gasteiger partial charge in [0.2, 0.25) is 0 Å². The third-order valence-electron chi connectivity index (χ3n) is 3.12. The highest BCUT2D eigenvalue weighted by Crippen LogP contribution is 2.15. The Morgan fingerprint density at radius 3 is 3.00 bits per heavy atom. The highest BCUT2D eigenvalue weighted by atomic mass is 79.9. The second-order valence-electron chi connectivity index (χ2n) is 4.40. The van der Waals surface area contributed by atoms with Crippen molar-refractivity contribution in [2.24, 2.45) is 5.92 Å². The summed E-state index contributed by atoms with van der Waals surface area (Å²) in [7, 11) is 0. The average molecular weight is 283 g/mol. The molecule has 0 aromatic heterocycles. The fraction of sp³-hybridized carbons (Fsp3) is 0.538. The highest BCUT2D eigenvalue weighted by molar-refractivity contribution is 9.10. The first kappa shape index (κ1) is 12.1. The van der Waals surface area contributed by atoms with E-state index in [0.717, 1.165) is 25.4 Å². The summed E-state index contributed by atoms with van der Waals surface area (Å²) in [6.07, 6.45) is 2.42. The van der Waals surface area contributed by atoms with Gasteiger partial charge >= 0.3 is 0 Å². The van der Waals surface area contributed by atoms with Gasteiger partial charge in [0.15, 0.2) is 0 Å². The van der Waals surface area contributed by atoms with E-state index in [-0.39, 0.29) is 0 Å². The summed E-state index contributed by atoms with van der Waals surface area (Å²) in [5.41, 5.74) is 1.39. The normalized spacial score (nSPS) is 20.2. The van der Waals surface area contributed by atoms with E-state index in [1.54, 1.807) is 0 Å². The zero-order valence-corrected chi connectivity index (χ0v) is 11.1. The third kappa shape index (κ3) is 3.58. The number of benzene rings is 1. The quantitative estimate of drug-likeness (QED) is 0.809. The minimum Gasteiger partial charge on any atom is -0.316 e. The van der Waals surface area contributed by atoms with Crippen LogP contribution in [0.3, 0.4) is 0 Å². The molecule has 1 heterocycles. The van der Waals surface area contributed by atoms with Crippen molar-refractivity contribution in [1.82, 2.24) is 10.6 Å². The minimum absolute atomic E-state index is 0.833. The molecule has 3 heteroatoms. The maximum Gasteiger partial charge on any atom is 0.0207 e. The van der Waals surface area contributed by atoms with Crippen LogP contribution >= 0.6 is 15.9 Å². The molecule has 0 radical (unpaired) electrons. The summed E-state index contributed by atoms with van der Waals surface area (Å²) in [5.74, 6) is 0.833. The van der Waals surface area contributed by atoms with Gasteiger partial charge in [0.05, 0.1) is 0 Å². The van der Waals surface area contributed by atoms with Crippen molar-refractivity contribution < 1.29 is 0 Å². The molecule has 1 aliphatic rings. The van der Waals surface area contributed by atoms with Crippen LogP contribution in [0.1, 0.15) is 12.0 Å². The molecular formula is C13H19BrN2. The molecule has 2 nitrogen and oxygen atoms in total. The highest BCUT2D eigenvalue weighted by Gasteiger charge is 2.13. The largest absolute Gasteiger partial charge is 0.316 e. The number of nitrogens with one attached hydrogen (secondary N) is 2. The molecule has 2 rings (SSSR count). The van der Waals surface area contributed by atoms with Crippen LogP contribution in [0.2, 0.25) is 0 Å². The summed E-state index contributed by atoms with van der Waals surface area (Å²) >= 11 is 3.58. The zero-order valence-electron chi connectivity index (χ0n) is 9.51. The summed E-state index contributed by atoms with van der Waals surface area (Å²) in [6, 6.07) is 8.45. The number of hydrogen-bond acceptors (Lipinski definition) is 2. The van der Waals surface area contributed by atoms with Crippen LogP contribution in [0.4, 0.5) is 0 Å². The molecule has 88 valence electrons. The fourth-order valence-corrected chi connectivity index (χ4v) is 2.60. The maximum absolute atomic E-state index is 3.58. The molecule has 1 aliphatic heterocycles. The van der Waals surface area contributed by atoms with Gasteiger partial charge in [0.25, 0.3) is 0 Å². The molecule has 0 amide bonds. The minimum atomic E-state index is 0.833. The van der Waals surface area contributed by atoms with E-state index in [1.807, 2.05) is 0 Å². The van der Waals surface area contributed by atoms with Crippen LogP contribution in [0, 0.1) is 5.92 Å². The molecule has 1 saturated heterocycles. The molecule has 1 unspecified atom stereocenters. The Balaban J connectivity index is 1.66. The zero-order chi connectivity index (χ0) is 11.2.